The molecule has 25 heavy (non-hydrogen) atoms. The van der Waals surface area contributed by atoms with Crippen molar-refractivity contribution in [3.05, 3.63) is 36.0 Å². The van der Waals surface area contributed by atoms with E-state index < -0.39 is 0 Å². The van der Waals surface area contributed by atoms with Gasteiger partial charge < -0.3 is 9.42 Å². The third-order valence-corrected chi connectivity index (χ3v) is 5.32. The van der Waals surface area contributed by atoms with E-state index in [4.69, 9.17) is 4.52 Å². The zero-order valence-corrected chi connectivity index (χ0v) is 14.2. The Morgan fingerprint density at radius 2 is 1.80 bits per heavy atom. The molecule has 1 aliphatic heterocycles. The number of carbonyl (C=O) groups excluding carboxylic acids is 1. The molecule has 132 valence electrons. The molecular formula is C19H22FN3O2. The van der Waals surface area contributed by atoms with Crippen molar-refractivity contribution in [2.24, 2.45) is 5.92 Å². The van der Waals surface area contributed by atoms with Crippen molar-refractivity contribution < 1.29 is 13.7 Å². The molecule has 2 aliphatic rings. The Bertz CT molecular complexity index is 737. The van der Waals surface area contributed by atoms with Gasteiger partial charge in [-0.25, -0.2) is 4.39 Å². The Kier molecular flexibility index (Phi) is 4.51. The highest BCUT2D eigenvalue weighted by molar-refractivity contribution is 5.79. The maximum atomic E-state index is 13.1. The van der Waals surface area contributed by atoms with Crippen molar-refractivity contribution in [1.29, 1.82) is 0 Å². The summed E-state index contributed by atoms with van der Waals surface area (Å²) in [6, 6.07) is 5.88. The lowest BCUT2D eigenvalue weighted by Gasteiger charge is -2.35. The lowest BCUT2D eigenvalue weighted by atomic mass is 9.98. The summed E-state index contributed by atoms with van der Waals surface area (Å²) in [6.45, 7) is 0.758. The molecule has 1 unspecified atom stereocenters. The molecule has 5 nitrogen and oxygen atoms in total. The molecule has 6 heteroatoms. The maximum absolute atomic E-state index is 13.1. The number of piperidine rings is 1. The molecule has 2 aromatic rings. The molecule has 0 spiro atoms. The number of rotatable bonds is 3. The van der Waals surface area contributed by atoms with Crippen molar-refractivity contribution in [3.8, 4) is 11.4 Å². The van der Waals surface area contributed by atoms with Gasteiger partial charge in [0.15, 0.2) is 0 Å². The van der Waals surface area contributed by atoms with Gasteiger partial charge in [0.25, 0.3) is 0 Å². The fourth-order valence-electron chi connectivity index (χ4n) is 3.95. The van der Waals surface area contributed by atoms with Crippen LogP contribution in [0.15, 0.2) is 28.8 Å². The molecule has 1 saturated heterocycles. The molecule has 1 aliphatic carbocycles. The first-order valence-corrected chi connectivity index (χ1v) is 9.12. The van der Waals surface area contributed by atoms with Crippen molar-refractivity contribution >= 4 is 5.91 Å². The number of hydrogen-bond donors (Lipinski definition) is 0. The van der Waals surface area contributed by atoms with Crippen LogP contribution in [-0.4, -0.2) is 27.5 Å². The van der Waals surface area contributed by atoms with Crippen molar-refractivity contribution in [3.63, 3.8) is 0 Å². The minimum absolute atomic E-state index is 0.136. The third kappa shape index (κ3) is 3.30. The molecule has 1 aromatic heterocycles. The lowest BCUT2D eigenvalue weighted by Crippen LogP contribution is -2.41. The minimum Gasteiger partial charge on any atom is -0.337 e. The average Bonchev–Trinajstić information content (AvgIpc) is 3.34. The number of likely N-dealkylation sites (tertiary alicyclic amines) is 1. The first-order valence-electron chi connectivity index (χ1n) is 9.12. The maximum Gasteiger partial charge on any atom is 0.249 e. The molecule has 1 amide bonds. The zero-order valence-electron chi connectivity index (χ0n) is 14.2. The Morgan fingerprint density at radius 1 is 1.08 bits per heavy atom. The number of hydrogen-bond acceptors (Lipinski definition) is 4. The summed E-state index contributed by atoms with van der Waals surface area (Å²) in [7, 11) is 0. The van der Waals surface area contributed by atoms with E-state index in [1.54, 1.807) is 12.1 Å². The highest BCUT2D eigenvalue weighted by Crippen LogP contribution is 2.35. The summed E-state index contributed by atoms with van der Waals surface area (Å²) >= 11 is 0. The van der Waals surface area contributed by atoms with Gasteiger partial charge in [-0.15, -0.1) is 0 Å². The quantitative estimate of drug-likeness (QED) is 0.841. The van der Waals surface area contributed by atoms with Crippen LogP contribution in [0.2, 0.25) is 0 Å². The van der Waals surface area contributed by atoms with Gasteiger partial charge in [0, 0.05) is 18.0 Å². The molecule has 1 saturated carbocycles. The number of amides is 1. The Balaban J connectivity index is 1.56. The Labute approximate surface area is 146 Å². The normalized spacial score (nSPS) is 21.6. The smallest absolute Gasteiger partial charge is 0.249 e. The van der Waals surface area contributed by atoms with E-state index in [0.717, 1.165) is 51.5 Å². The van der Waals surface area contributed by atoms with Crippen molar-refractivity contribution in [1.82, 2.24) is 15.0 Å². The van der Waals surface area contributed by atoms with Crippen LogP contribution < -0.4 is 0 Å². The van der Waals surface area contributed by atoms with Gasteiger partial charge in [-0.05, 0) is 56.4 Å². The monoisotopic (exact) mass is 343 g/mol. The van der Waals surface area contributed by atoms with E-state index in [2.05, 4.69) is 10.1 Å². The summed E-state index contributed by atoms with van der Waals surface area (Å²) in [6.07, 6.45) is 7.19. The highest BCUT2D eigenvalue weighted by atomic mass is 19.1. The zero-order chi connectivity index (χ0) is 17.2. The Morgan fingerprint density at radius 3 is 2.56 bits per heavy atom. The van der Waals surface area contributed by atoms with Gasteiger partial charge in [0.2, 0.25) is 17.6 Å². The van der Waals surface area contributed by atoms with Crippen LogP contribution in [0.1, 0.15) is 56.9 Å². The highest BCUT2D eigenvalue weighted by Gasteiger charge is 2.36. The molecule has 2 heterocycles. The van der Waals surface area contributed by atoms with Gasteiger partial charge in [-0.2, -0.15) is 4.98 Å². The lowest BCUT2D eigenvalue weighted by molar-refractivity contribution is -0.140. The Hall–Kier alpha value is -2.24. The van der Waals surface area contributed by atoms with Crippen LogP contribution in [0.25, 0.3) is 11.4 Å². The molecule has 2 fully saturated rings. The van der Waals surface area contributed by atoms with Crippen LogP contribution in [0.4, 0.5) is 4.39 Å². The number of carbonyl (C=O) groups is 1. The molecule has 0 bridgehead atoms. The van der Waals surface area contributed by atoms with Crippen LogP contribution in [0.3, 0.4) is 0 Å². The van der Waals surface area contributed by atoms with E-state index in [1.807, 2.05) is 4.90 Å². The first-order chi connectivity index (χ1) is 12.2. The van der Waals surface area contributed by atoms with Crippen LogP contribution in [-0.2, 0) is 4.79 Å². The van der Waals surface area contributed by atoms with E-state index in [-0.39, 0.29) is 23.7 Å². The molecule has 0 N–H and O–H groups in total. The number of nitrogens with zero attached hydrogens (tertiary/aromatic N) is 3. The van der Waals surface area contributed by atoms with E-state index in [0.29, 0.717) is 17.3 Å². The average molecular weight is 343 g/mol. The van der Waals surface area contributed by atoms with Gasteiger partial charge in [0.1, 0.15) is 11.9 Å². The molecule has 1 aromatic carbocycles. The summed E-state index contributed by atoms with van der Waals surface area (Å²) in [5, 5.41) is 4.04. The van der Waals surface area contributed by atoms with Gasteiger partial charge >= 0.3 is 0 Å². The predicted molar refractivity (Wildman–Crippen MR) is 90.0 cm³/mol. The van der Waals surface area contributed by atoms with E-state index in [1.165, 1.54) is 12.1 Å². The molecule has 1 atom stereocenters. The van der Waals surface area contributed by atoms with Crippen molar-refractivity contribution in [2.45, 2.75) is 51.0 Å². The largest absolute Gasteiger partial charge is 0.337 e. The second-order valence-electron chi connectivity index (χ2n) is 6.99. The van der Waals surface area contributed by atoms with Crippen LogP contribution in [0, 0.1) is 11.7 Å². The number of aromatic nitrogens is 2. The van der Waals surface area contributed by atoms with E-state index in [9.17, 15) is 9.18 Å². The summed E-state index contributed by atoms with van der Waals surface area (Å²) < 4.78 is 18.6. The fraction of sp³-hybridized carbons (Fsp3) is 0.526. The molecular weight excluding hydrogens is 321 g/mol. The molecule has 0 radical (unpaired) electrons. The first kappa shape index (κ1) is 16.2. The van der Waals surface area contributed by atoms with Crippen LogP contribution in [0.5, 0.6) is 0 Å². The van der Waals surface area contributed by atoms with Gasteiger partial charge in [0.05, 0.1) is 0 Å². The SMILES string of the molecule is O=C(C1CCCC1)N1CCCCC1c1nc(-c2ccc(F)cc2)no1. The summed E-state index contributed by atoms with van der Waals surface area (Å²) in [4.78, 5) is 19.3. The second kappa shape index (κ2) is 6.94. The number of halogens is 1. The fourth-order valence-corrected chi connectivity index (χ4v) is 3.95. The van der Waals surface area contributed by atoms with Gasteiger partial charge in [-0.3, -0.25) is 4.79 Å². The topological polar surface area (TPSA) is 59.2 Å². The van der Waals surface area contributed by atoms with Crippen molar-refractivity contribution in [2.75, 3.05) is 6.54 Å². The third-order valence-electron chi connectivity index (χ3n) is 5.32. The number of benzene rings is 1. The summed E-state index contributed by atoms with van der Waals surface area (Å²) in [5.41, 5.74) is 0.709. The minimum atomic E-state index is -0.298. The second-order valence-corrected chi connectivity index (χ2v) is 6.99. The standard InChI is InChI=1S/C19H22FN3O2/c20-15-10-8-13(9-11-15)17-21-18(25-22-17)16-7-3-4-12-23(16)19(24)14-5-1-2-6-14/h8-11,14,16H,1-7,12H2. The summed E-state index contributed by atoms with van der Waals surface area (Å²) in [5.74, 6) is 1.02. The van der Waals surface area contributed by atoms with Crippen LogP contribution >= 0.6 is 0 Å². The van der Waals surface area contributed by atoms with E-state index >= 15 is 0 Å². The predicted octanol–water partition coefficient (Wildman–Crippen LogP) is 4.12. The van der Waals surface area contributed by atoms with Gasteiger partial charge in [-0.1, -0.05) is 18.0 Å². The molecule has 4 rings (SSSR count).